The van der Waals surface area contributed by atoms with E-state index in [-0.39, 0.29) is 12.5 Å². The van der Waals surface area contributed by atoms with Gasteiger partial charge in [0.05, 0.1) is 7.11 Å². The number of ether oxygens (including phenoxy) is 1. The molecule has 15 heavy (non-hydrogen) atoms. The number of methoxy groups -OCH3 is 1. The van der Waals surface area contributed by atoms with E-state index in [0.29, 0.717) is 0 Å². The lowest BCUT2D eigenvalue weighted by atomic mass is 10.2. The molecule has 2 aromatic rings. The lowest BCUT2D eigenvalue weighted by molar-refractivity contribution is -0.141. The molecular weight excluding hydrogens is 258 g/mol. The molecule has 0 amide bonds. The summed E-state index contributed by atoms with van der Waals surface area (Å²) in [4.78, 5) is 11.1. The monoisotopic (exact) mass is 267 g/mol. The SMILES string of the molecule is COC(=O)Cn1ccc2cc(Br)ccc21. The van der Waals surface area contributed by atoms with E-state index in [4.69, 9.17) is 0 Å². The molecule has 4 heteroatoms. The average Bonchev–Trinajstić information content (AvgIpc) is 2.60. The molecule has 0 aliphatic rings. The number of nitrogens with zero attached hydrogens (tertiary/aromatic N) is 1. The number of carbonyl (C=O) groups excluding carboxylic acids is 1. The van der Waals surface area contributed by atoms with Gasteiger partial charge >= 0.3 is 5.97 Å². The number of rotatable bonds is 2. The van der Waals surface area contributed by atoms with Crippen LogP contribution in [0.1, 0.15) is 0 Å². The molecule has 0 saturated carbocycles. The second-order valence-corrected chi connectivity index (χ2v) is 4.14. The van der Waals surface area contributed by atoms with E-state index in [9.17, 15) is 4.79 Å². The maximum absolute atomic E-state index is 11.1. The molecule has 0 spiro atoms. The van der Waals surface area contributed by atoms with E-state index < -0.39 is 0 Å². The van der Waals surface area contributed by atoms with Crippen LogP contribution >= 0.6 is 15.9 Å². The Morgan fingerprint density at radius 2 is 2.27 bits per heavy atom. The third-order valence-corrected chi connectivity index (χ3v) is 2.75. The summed E-state index contributed by atoms with van der Waals surface area (Å²) in [5, 5.41) is 1.10. The Kier molecular flexibility index (Phi) is 2.77. The van der Waals surface area contributed by atoms with Crippen LogP contribution in [0, 0.1) is 0 Å². The first-order chi connectivity index (χ1) is 7.20. The van der Waals surface area contributed by atoms with Gasteiger partial charge in [0.25, 0.3) is 0 Å². The van der Waals surface area contributed by atoms with Crippen molar-refractivity contribution in [3.05, 3.63) is 34.9 Å². The highest BCUT2D eigenvalue weighted by molar-refractivity contribution is 9.10. The molecule has 0 unspecified atom stereocenters. The molecule has 0 radical (unpaired) electrons. The fourth-order valence-electron chi connectivity index (χ4n) is 1.51. The molecule has 1 aromatic heterocycles. The van der Waals surface area contributed by atoms with Crippen LogP contribution in [0.2, 0.25) is 0 Å². The maximum atomic E-state index is 11.1. The van der Waals surface area contributed by atoms with Crippen molar-refractivity contribution in [3.63, 3.8) is 0 Å². The van der Waals surface area contributed by atoms with Gasteiger partial charge in [0.15, 0.2) is 0 Å². The first-order valence-electron chi connectivity index (χ1n) is 4.52. The van der Waals surface area contributed by atoms with Crippen molar-refractivity contribution in [1.29, 1.82) is 0 Å². The summed E-state index contributed by atoms with van der Waals surface area (Å²) in [7, 11) is 1.39. The van der Waals surface area contributed by atoms with Crippen molar-refractivity contribution in [2.45, 2.75) is 6.54 Å². The van der Waals surface area contributed by atoms with Gasteiger partial charge in [-0.15, -0.1) is 0 Å². The topological polar surface area (TPSA) is 31.2 Å². The zero-order valence-corrected chi connectivity index (χ0v) is 9.82. The second-order valence-electron chi connectivity index (χ2n) is 3.22. The van der Waals surface area contributed by atoms with Crippen LogP contribution in [0.3, 0.4) is 0 Å². The minimum atomic E-state index is -0.240. The Hall–Kier alpha value is -1.29. The summed E-state index contributed by atoms with van der Waals surface area (Å²) in [6.45, 7) is 0.252. The van der Waals surface area contributed by atoms with Crippen molar-refractivity contribution < 1.29 is 9.53 Å². The van der Waals surface area contributed by atoms with E-state index in [0.717, 1.165) is 15.4 Å². The molecule has 0 aliphatic heterocycles. The van der Waals surface area contributed by atoms with Crippen LogP contribution in [-0.4, -0.2) is 17.6 Å². The quantitative estimate of drug-likeness (QED) is 0.784. The number of fused-ring (bicyclic) bond motifs is 1. The Morgan fingerprint density at radius 1 is 1.47 bits per heavy atom. The maximum Gasteiger partial charge on any atom is 0.325 e. The zero-order chi connectivity index (χ0) is 10.8. The summed E-state index contributed by atoms with van der Waals surface area (Å²) in [6.07, 6.45) is 1.88. The lowest BCUT2D eigenvalue weighted by Gasteiger charge is -2.03. The molecule has 0 aliphatic carbocycles. The highest BCUT2D eigenvalue weighted by atomic mass is 79.9. The number of benzene rings is 1. The van der Waals surface area contributed by atoms with Gasteiger partial charge in [0.1, 0.15) is 6.54 Å². The molecule has 0 fully saturated rings. The molecule has 0 atom stereocenters. The van der Waals surface area contributed by atoms with Gasteiger partial charge in [-0.05, 0) is 24.3 Å². The van der Waals surface area contributed by atoms with Crippen molar-refractivity contribution in [2.75, 3.05) is 7.11 Å². The number of carbonyl (C=O) groups is 1. The van der Waals surface area contributed by atoms with E-state index in [2.05, 4.69) is 20.7 Å². The van der Waals surface area contributed by atoms with Crippen LogP contribution in [-0.2, 0) is 16.1 Å². The zero-order valence-electron chi connectivity index (χ0n) is 8.24. The average molecular weight is 268 g/mol. The van der Waals surface area contributed by atoms with Crippen LogP contribution in [0.15, 0.2) is 34.9 Å². The summed E-state index contributed by atoms with van der Waals surface area (Å²) < 4.78 is 7.53. The third-order valence-electron chi connectivity index (χ3n) is 2.26. The van der Waals surface area contributed by atoms with Gasteiger partial charge in [0, 0.05) is 21.6 Å². The van der Waals surface area contributed by atoms with Crippen molar-refractivity contribution in [1.82, 2.24) is 4.57 Å². The van der Waals surface area contributed by atoms with Gasteiger partial charge in [-0.3, -0.25) is 4.79 Å². The minimum absolute atomic E-state index is 0.240. The first-order valence-corrected chi connectivity index (χ1v) is 5.31. The van der Waals surface area contributed by atoms with Crippen molar-refractivity contribution in [2.24, 2.45) is 0 Å². The molecular formula is C11H10BrNO2. The summed E-state index contributed by atoms with van der Waals surface area (Å²) in [5.41, 5.74) is 1.03. The molecule has 2 rings (SSSR count). The normalized spacial score (nSPS) is 10.5. The Morgan fingerprint density at radius 3 is 3.00 bits per heavy atom. The Labute approximate surface area is 95.8 Å². The minimum Gasteiger partial charge on any atom is -0.468 e. The molecule has 0 saturated heterocycles. The largest absolute Gasteiger partial charge is 0.468 e. The fraction of sp³-hybridized carbons (Fsp3) is 0.182. The van der Waals surface area contributed by atoms with Crippen molar-refractivity contribution >= 4 is 32.8 Å². The van der Waals surface area contributed by atoms with E-state index in [1.807, 2.05) is 35.0 Å². The van der Waals surface area contributed by atoms with Crippen LogP contribution in [0.25, 0.3) is 10.9 Å². The Balaban J connectivity index is 2.41. The number of hydrogen-bond acceptors (Lipinski definition) is 2. The van der Waals surface area contributed by atoms with Gasteiger partial charge < -0.3 is 9.30 Å². The fourth-order valence-corrected chi connectivity index (χ4v) is 1.89. The predicted molar refractivity (Wildman–Crippen MR) is 61.7 cm³/mol. The standard InChI is InChI=1S/C11H10BrNO2/c1-15-11(14)7-13-5-4-8-6-9(12)2-3-10(8)13/h2-6H,7H2,1H3. The number of halogens is 1. The first kappa shape index (κ1) is 10.2. The molecule has 0 N–H and O–H groups in total. The predicted octanol–water partition coefficient (Wildman–Crippen LogP) is 2.58. The lowest BCUT2D eigenvalue weighted by Crippen LogP contribution is -2.10. The van der Waals surface area contributed by atoms with Gasteiger partial charge in [-0.2, -0.15) is 0 Å². The van der Waals surface area contributed by atoms with Crippen molar-refractivity contribution in [3.8, 4) is 0 Å². The van der Waals surface area contributed by atoms with E-state index >= 15 is 0 Å². The highest BCUT2D eigenvalue weighted by Gasteiger charge is 2.05. The summed E-state index contributed by atoms with van der Waals surface area (Å²) >= 11 is 3.41. The summed E-state index contributed by atoms with van der Waals surface area (Å²) in [6, 6.07) is 7.92. The third kappa shape index (κ3) is 2.04. The van der Waals surface area contributed by atoms with Gasteiger partial charge in [-0.1, -0.05) is 15.9 Å². The van der Waals surface area contributed by atoms with Crippen LogP contribution in [0.4, 0.5) is 0 Å². The molecule has 0 bridgehead atoms. The molecule has 1 heterocycles. The second kappa shape index (κ2) is 4.06. The molecule has 78 valence electrons. The van der Waals surface area contributed by atoms with E-state index in [1.165, 1.54) is 7.11 Å². The molecule has 1 aromatic carbocycles. The highest BCUT2D eigenvalue weighted by Crippen LogP contribution is 2.20. The number of esters is 1. The number of aromatic nitrogens is 1. The van der Waals surface area contributed by atoms with Crippen LogP contribution in [0.5, 0.6) is 0 Å². The Bertz CT molecular complexity index is 504. The van der Waals surface area contributed by atoms with E-state index in [1.54, 1.807) is 0 Å². The smallest absolute Gasteiger partial charge is 0.325 e. The molecule has 3 nitrogen and oxygen atoms in total. The summed E-state index contributed by atoms with van der Waals surface area (Å²) in [5.74, 6) is -0.240. The van der Waals surface area contributed by atoms with Gasteiger partial charge in [0.2, 0.25) is 0 Å². The van der Waals surface area contributed by atoms with Crippen LogP contribution < -0.4 is 0 Å². The number of hydrogen-bond donors (Lipinski definition) is 0. The van der Waals surface area contributed by atoms with Gasteiger partial charge in [-0.25, -0.2) is 0 Å².